The SMILES string of the molecule is N#CC(O)C(O)c1ccc2oc(=O)c(C(=O)O)cc2c1. The quantitative estimate of drug-likeness (QED) is 0.545. The number of carbonyl (C=O) groups is 1. The Hall–Kier alpha value is -2.69. The van der Waals surface area contributed by atoms with Gasteiger partial charge in [-0.05, 0) is 23.8 Å². The first-order valence-corrected chi connectivity index (χ1v) is 5.51. The molecule has 1 aromatic carbocycles. The molecule has 2 unspecified atom stereocenters. The topological polar surface area (TPSA) is 132 Å². The van der Waals surface area contributed by atoms with Gasteiger partial charge in [0.15, 0.2) is 6.10 Å². The van der Waals surface area contributed by atoms with Gasteiger partial charge in [-0.1, -0.05) is 6.07 Å². The smallest absolute Gasteiger partial charge is 0.351 e. The van der Waals surface area contributed by atoms with Gasteiger partial charge in [-0.15, -0.1) is 0 Å². The number of nitrogens with zero attached hydrogens (tertiary/aromatic N) is 1. The Morgan fingerprint density at radius 2 is 2.00 bits per heavy atom. The third kappa shape index (κ3) is 2.38. The summed E-state index contributed by atoms with van der Waals surface area (Å²) in [6.45, 7) is 0. The van der Waals surface area contributed by atoms with Gasteiger partial charge in [0.2, 0.25) is 0 Å². The Balaban J connectivity index is 2.59. The van der Waals surface area contributed by atoms with Crippen LogP contribution in [0.5, 0.6) is 0 Å². The first kappa shape index (κ1) is 13.7. The Bertz CT molecular complexity index is 773. The van der Waals surface area contributed by atoms with Crippen molar-refractivity contribution in [3.63, 3.8) is 0 Å². The van der Waals surface area contributed by atoms with E-state index in [0.29, 0.717) is 0 Å². The molecular formula is C13H9NO6. The Morgan fingerprint density at radius 1 is 1.30 bits per heavy atom. The molecular weight excluding hydrogens is 266 g/mol. The molecule has 0 amide bonds. The number of aliphatic hydroxyl groups is 2. The van der Waals surface area contributed by atoms with E-state index >= 15 is 0 Å². The standard InChI is InChI=1S/C13H9NO6/c14-5-9(15)11(16)6-1-2-10-7(3-6)4-8(12(17)18)13(19)20-10/h1-4,9,11,15-16H,(H,17,18). The van der Waals surface area contributed by atoms with Crippen molar-refractivity contribution in [2.45, 2.75) is 12.2 Å². The molecule has 0 saturated carbocycles. The number of nitriles is 1. The minimum atomic E-state index is -1.61. The van der Waals surface area contributed by atoms with Crippen LogP contribution in [-0.4, -0.2) is 27.4 Å². The van der Waals surface area contributed by atoms with E-state index in [9.17, 15) is 19.8 Å². The maximum Gasteiger partial charge on any atom is 0.351 e. The number of aromatic carboxylic acids is 1. The molecule has 0 saturated heterocycles. The second-order valence-electron chi connectivity index (χ2n) is 4.07. The van der Waals surface area contributed by atoms with Crippen molar-refractivity contribution < 1.29 is 24.5 Å². The molecule has 1 aromatic heterocycles. The fraction of sp³-hybridized carbons (Fsp3) is 0.154. The van der Waals surface area contributed by atoms with Crippen molar-refractivity contribution in [1.29, 1.82) is 5.26 Å². The summed E-state index contributed by atoms with van der Waals surface area (Å²) in [7, 11) is 0. The van der Waals surface area contributed by atoms with E-state index in [0.717, 1.165) is 6.07 Å². The number of hydrogen-bond acceptors (Lipinski definition) is 6. The van der Waals surface area contributed by atoms with E-state index < -0.39 is 29.4 Å². The maximum absolute atomic E-state index is 11.4. The second-order valence-corrected chi connectivity index (χ2v) is 4.07. The largest absolute Gasteiger partial charge is 0.477 e. The molecule has 0 bridgehead atoms. The molecule has 1 heterocycles. The Morgan fingerprint density at radius 3 is 2.60 bits per heavy atom. The number of hydrogen-bond donors (Lipinski definition) is 3. The van der Waals surface area contributed by atoms with Crippen LogP contribution in [0.15, 0.2) is 33.5 Å². The maximum atomic E-state index is 11.4. The highest BCUT2D eigenvalue weighted by atomic mass is 16.4. The predicted molar refractivity (Wildman–Crippen MR) is 66.0 cm³/mol. The number of fused-ring (bicyclic) bond motifs is 1. The second kappa shape index (κ2) is 5.13. The average Bonchev–Trinajstić information content (AvgIpc) is 2.44. The van der Waals surface area contributed by atoms with Gasteiger partial charge in [-0.25, -0.2) is 9.59 Å². The van der Waals surface area contributed by atoms with Crippen LogP contribution in [0.2, 0.25) is 0 Å². The molecule has 102 valence electrons. The molecule has 3 N–H and O–H groups in total. The highest BCUT2D eigenvalue weighted by molar-refractivity contribution is 5.91. The van der Waals surface area contributed by atoms with Crippen LogP contribution in [-0.2, 0) is 0 Å². The summed E-state index contributed by atoms with van der Waals surface area (Å²) in [5.41, 5.74) is -1.17. The Labute approximate surface area is 111 Å². The van der Waals surface area contributed by atoms with Crippen molar-refractivity contribution in [1.82, 2.24) is 0 Å². The van der Waals surface area contributed by atoms with Gasteiger partial charge in [-0.2, -0.15) is 5.26 Å². The molecule has 0 aliphatic carbocycles. The minimum Gasteiger partial charge on any atom is -0.477 e. The lowest BCUT2D eigenvalue weighted by Gasteiger charge is -2.12. The van der Waals surface area contributed by atoms with Gasteiger partial charge < -0.3 is 19.7 Å². The molecule has 20 heavy (non-hydrogen) atoms. The summed E-state index contributed by atoms with van der Waals surface area (Å²) >= 11 is 0. The Kier molecular flexibility index (Phi) is 3.52. The number of rotatable bonds is 3. The van der Waals surface area contributed by atoms with Crippen LogP contribution < -0.4 is 5.63 Å². The molecule has 0 fully saturated rings. The lowest BCUT2D eigenvalue weighted by molar-refractivity contribution is 0.0529. The van der Waals surface area contributed by atoms with E-state index in [1.54, 1.807) is 0 Å². The molecule has 2 atom stereocenters. The first-order valence-electron chi connectivity index (χ1n) is 5.51. The highest BCUT2D eigenvalue weighted by Crippen LogP contribution is 2.22. The van der Waals surface area contributed by atoms with E-state index in [1.165, 1.54) is 24.3 Å². The molecule has 0 spiro atoms. The van der Waals surface area contributed by atoms with Gasteiger partial charge in [0.05, 0.1) is 6.07 Å². The van der Waals surface area contributed by atoms with E-state index in [-0.39, 0.29) is 16.5 Å². The van der Waals surface area contributed by atoms with Crippen LogP contribution in [0, 0.1) is 11.3 Å². The molecule has 7 nitrogen and oxygen atoms in total. The van der Waals surface area contributed by atoms with Gasteiger partial charge in [-0.3, -0.25) is 0 Å². The first-order chi connectivity index (χ1) is 9.43. The summed E-state index contributed by atoms with van der Waals surface area (Å²) in [4.78, 5) is 22.2. The fourth-order valence-electron chi connectivity index (χ4n) is 1.73. The zero-order chi connectivity index (χ0) is 14.9. The summed E-state index contributed by atoms with van der Waals surface area (Å²) in [6.07, 6.45) is -3.05. The van der Waals surface area contributed by atoms with Crippen LogP contribution in [0.3, 0.4) is 0 Å². The minimum absolute atomic E-state index is 0.141. The molecule has 2 rings (SSSR count). The zero-order valence-electron chi connectivity index (χ0n) is 9.98. The molecule has 7 heteroatoms. The van der Waals surface area contributed by atoms with E-state index in [4.69, 9.17) is 14.8 Å². The van der Waals surface area contributed by atoms with Crippen LogP contribution in [0.1, 0.15) is 22.0 Å². The van der Waals surface area contributed by atoms with Crippen LogP contribution in [0.4, 0.5) is 0 Å². The fourth-order valence-corrected chi connectivity index (χ4v) is 1.73. The van der Waals surface area contributed by atoms with Crippen molar-refractivity contribution in [3.8, 4) is 6.07 Å². The average molecular weight is 275 g/mol. The van der Waals surface area contributed by atoms with Gasteiger partial charge in [0, 0.05) is 5.39 Å². The van der Waals surface area contributed by atoms with E-state index in [2.05, 4.69) is 0 Å². The highest BCUT2D eigenvalue weighted by Gasteiger charge is 2.19. The number of benzene rings is 1. The zero-order valence-corrected chi connectivity index (χ0v) is 9.98. The predicted octanol–water partition coefficient (Wildman–Crippen LogP) is 0.409. The summed E-state index contributed by atoms with van der Waals surface area (Å²) in [5.74, 6) is -1.43. The van der Waals surface area contributed by atoms with E-state index in [1.807, 2.05) is 0 Å². The molecule has 0 aliphatic rings. The van der Waals surface area contributed by atoms with Crippen molar-refractivity contribution in [2.24, 2.45) is 0 Å². The van der Waals surface area contributed by atoms with Crippen LogP contribution in [0.25, 0.3) is 11.0 Å². The number of carboxylic acid groups (broad SMARTS) is 1. The van der Waals surface area contributed by atoms with Crippen molar-refractivity contribution in [3.05, 3.63) is 45.8 Å². The lowest BCUT2D eigenvalue weighted by Crippen LogP contribution is -2.16. The van der Waals surface area contributed by atoms with Crippen LogP contribution >= 0.6 is 0 Å². The molecule has 0 aliphatic heterocycles. The van der Waals surface area contributed by atoms with Gasteiger partial charge in [0.1, 0.15) is 17.3 Å². The van der Waals surface area contributed by atoms with Gasteiger partial charge in [0.25, 0.3) is 0 Å². The lowest BCUT2D eigenvalue weighted by atomic mass is 10.0. The molecule has 0 radical (unpaired) electrons. The van der Waals surface area contributed by atoms with Crippen molar-refractivity contribution in [2.75, 3.05) is 0 Å². The monoisotopic (exact) mass is 275 g/mol. The third-order valence-electron chi connectivity index (χ3n) is 2.76. The molecule has 2 aromatic rings. The number of aliphatic hydroxyl groups excluding tert-OH is 2. The van der Waals surface area contributed by atoms with Crippen molar-refractivity contribution >= 4 is 16.9 Å². The normalized spacial score (nSPS) is 13.7. The third-order valence-corrected chi connectivity index (χ3v) is 2.76. The van der Waals surface area contributed by atoms with Gasteiger partial charge >= 0.3 is 11.6 Å². The summed E-state index contributed by atoms with van der Waals surface area (Å²) in [5, 5.41) is 36.6. The summed E-state index contributed by atoms with van der Waals surface area (Å²) in [6, 6.07) is 6.66. The summed E-state index contributed by atoms with van der Waals surface area (Å²) < 4.78 is 4.83. The number of carboxylic acids is 1.